The molecule has 0 bridgehead atoms. The fraction of sp³-hybridized carbons (Fsp3) is 0.682. The summed E-state index contributed by atoms with van der Waals surface area (Å²) in [5, 5.41) is 5.63. The van der Waals surface area contributed by atoms with Crippen LogP contribution in [-0.2, 0) is 5.54 Å². The van der Waals surface area contributed by atoms with Crippen molar-refractivity contribution >= 4 is 41.8 Å². The maximum absolute atomic E-state index is 13.7. The van der Waals surface area contributed by atoms with Crippen molar-refractivity contribution < 1.29 is 4.79 Å². The number of halogens is 2. The van der Waals surface area contributed by atoms with Crippen LogP contribution in [-0.4, -0.2) is 44.7 Å². The van der Waals surface area contributed by atoms with E-state index in [9.17, 15) is 4.79 Å². The largest absolute Gasteiger partial charge is 0.334 e. The Bertz CT molecular complexity index is 888. The summed E-state index contributed by atoms with van der Waals surface area (Å²) in [6.07, 6.45) is 1.99. The first-order valence-corrected chi connectivity index (χ1v) is 10.5. The molecule has 1 saturated heterocycles. The molecule has 2 atom stereocenters. The summed E-state index contributed by atoms with van der Waals surface area (Å²) in [6.45, 7) is 16.0. The van der Waals surface area contributed by atoms with Crippen LogP contribution < -0.4 is 5.73 Å². The molecule has 6 nitrogen and oxygen atoms in total. The lowest BCUT2D eigenvalue weighted by molar-refractivity contribution is 0.0575. The number of amides is 1. The lowest BCUT2D eigenvalue weighted by atomic mass is 9.91. The average Bonchev–Trinajstić information content (AvgIpc) is 2.97. The molecule has 2 aromatic heterocycles. The summed E-state index contributed by atoms with van der Waals surface area (Å²) in [4.78, 5) is 20.6. The van der Waals surface area contributed by atoms with E-state index >= 15 is 0 Å². The van der Waals surface area contributed by atoms with Crippen LogP contribution in [0.1, 0.15) is 82.0 Å². The average molecular weight is 458 g/mol. The lowest BCUT2D eigenvalue weighted by Crippen LogP contribution is -2.49. The van der Waals surface area contributed by atoms with Gasteiger partial charge in [0.2, 0.25) is 0 Å². The summed E-state index contributed by atoms with van der Waals surface area (Å²) in [5.74, 6) is 0.895. The van der Waals surface area contributed by atoms with Crippen LogP contribution in [0.4, 0.5) is 0 Å². The standard InChI is InChI=1S/C22H35N5O.2ClH/c1-13(2)18-11-17(21(28)26-9-8-14(3)10-16(26)12-23)19-15(4)25-27(20(19)24-18)22(5,6)7;;/h11,13-14,16H,8-10,12,23H2,1-7H3;2*1H. The van der Waals surface area contributed by atoms with Crippen molar-refractivity contribution in [2.75, 3.05) is 13.1 Å². The SMILES string of the molecule is Cc1nn(C(C)(C)C)c2nc(C(C)C)cc(C(=O)N3CCC(C)CC3CN)c12.Cl.Cl. The number of pyridine rings is 1. The Balaban J connectivity index is 0.00000225. The first kappa shape index (κ1) is 26.7. The molecule has 8 heteroatoms. The summed E-state index contributed by atoms with van der Waals surface area (Å²) in [7, 11) is 0. The van der Waals surface area contributed by atoms with E-state index in [1.165, 1.54) is 0 Å². The van der Waals surface area contributed by atoms with Crippen molar-refractivity contribution in [2.45, 2.75) is 78.8 Å². The highest BCUT2D eigenvalue weighted by Crippen LogP contribution is 2.31. The van der Waals surface area contributed by atoms with Gasteiger partial charge in [-0.3, -0.25) is 4.79 Å². The van der Waals surface area contributed by atoms with Crippen molar-refractivity contribution in [1.29, 1.82) is 0 Å². The Morgan fingerprint density at radius 2 is 1.93 bits per heavy atom. The Morgan fingerprint density at radius 1 is 1.30 bits per heavy atom. The highest BCUT2D eigenvalue weighted by molar-refractivity contribution is 6.06. The van der Waals surface area contributed by atoms with Crippen LogP contribution in [0.25, 0.3) is 11.0 Å². The third kappa shape index (κ3) is 4.92. The number of aromatic nitrogens is 3. The van der Waals surface area contributed by atoms with Gasteiger partial charge in [0, 0.05) is 24.8 Å². The van der Waals surface area contributed by atoms with E-state index in [-0.39, 0.29) is 48.2 Å². The van der Waals surface area contributed by atoms with Gasteiger partial charge in [0.1, 0.15) is 0 Å². The second-order valence-corrected chi connectivity index (χ2v) is 9.63. The van der Waals surface area contributed by atoms with Crippen molar-refractivity contribution in [2.24, 2.45) is 11.7 Å². The number of carbonyl (C=O) groups excluding carboxylic acids is 1. The van der Waals surface area contributed by atoms with E-state index in [2.05, 4.69) is 41.5 Å². The molecule has 2 aromatic rings. The number of aryl methyl sites for hydroxylation is 1. The van der Waals surface area contributed by atoms with Gasteiger partial charge in [0.25, 0.3) is 5.91 Å². The molecule has 30 heavy (non-hydrogen) atoms. The van der Waals surface area contributed by atoms with Gasteiger partial charge in [-0.05, 0) is 58.4 Å². The Morgan fingerprint density at radius 3 is 2.47 bits per heavy atom. The number of rotatable bonds is 3. The molecule has 170 valence electrons. The van der Waals surface area contributed by atoms with Gasteiger partial charge in [0.05, 0.1) is 22.2 Å². The Kier molecular flexibility index (Phi) is 8.74. The van der Waals surface area contributed by atoms with Gasteiger partial charge in [-0.1, -0.05) is 20.8 Å². The van der Waals surface area contributed by atoms with Crippen molar-refractivity contribution in [3.8, 4) is 0 Å². The molecule has 2 unspecified atom stereocenters. The normalized spacial score (nSPS) is 19.6. The highest BCUT2D eigenvalue weighted by atomic mass is 35.5. The molecule has 0 aromatic carbocycles. The first-order chi connectivity index (χ1) is 13.0. The molecule has 1 fully saturated rings. The van der Waals surface area contributed by atoms with Crippen molar-refractivity contribution in [1.82, 2.24) is 19.7 Å². The zero-order chi connectivity index (χ0) is 20.8. The Labute approximate surface area is 192 Å². The molecular weight excluding hydrogens is 421 g/mol. The second kappa shape index (κ2) is 9.84. The van der Waals surface area contributed by atoms with E-state index in [0.29, 0.717) is 12.5 Å². The van der Waals surface area contributed by atoms with E-state index in [4.69, 9.17) is 15.8 Å². The molecule has 0 aliphatic carbocycles. The first-order valence-electron chi connectivity index (χ1n) is 10.5. The van der Waals surface area contributed by atoms with Crippen LogP contribution in [0.2, 0.25) is 0 Å². The minimum absolute atomic E-state index is 0. The zero-order valence-electron chi connectivity index (χ0n) is 19.2. The van der Waals surface area contributed by atoms with Crippen LogP contribution in [0.5, 0.6) is 0 Å². The predicted molar refractivity (Wildman–Crippen MR) is 128 cm³/mol. The maximum Gasteiger partial charge on any atom is 0.255 e. The smallest absolute Gasteiger partial charge is 0.255 e. The van der Waals surface area contributed by atoms with Crippen LogP contribution in [0.15, 0.2) is 6.07 Å². The molecule has 0 spiro atoms. The van der Waals surface area contributed by atoms with Crippen LogP contribution >= 0.6 is 24.8 Å². The minimum Gasteiger partial charge on any atom is -0.334 e. The molecule has 0 radical (unpaired) electrons. The fourth-order valence-corrected chi connectivity index (χ4v) is 4.14. The summed E-state index contributed by atoms with van der Waals surface area (Å²) in [5.41, 5.74) is 9.12. The number of hydrogen-bond acceptors (Lipinski definition) is 4. The van der Waals surface area contributed by atoms with E-state index in [1.807, 2.05) is 22.6 Å². The predicted octanol–water partition coefficient (Wildman–Crippen LogP) is 4.66. The molecule has 3 heterocycles. The quantitative estimate of drug-likeness (QED) is 0.726. The molecule has 1 aliphatic rings. The maximum atomic E-state index is 13.7. The fourth-order valence-electron chi connectivity index (χ4n) is 4.14. The number of hydrogen-bond donors (Lipinski definition) is 1. The molecular formula is C22H37Cl2N5O. The molecule has 3 rings (SSSR count). The number of fused-ring (bicyclic) bond motifs is 1. The lowest BCUT2D eigenvalue weighted by Gasteiger charge is -2.38. The number of piperidine rings is 1. The van der Waals surface area contributed by atoms with Gasteiger partial charge in [-0.25, -0.2) is 9.67 Å². The van der Waals surface area contributed by atoms with Crippen LogP contribution in [0, 0.1) is 12.8 Å². The van der Waals surface area contributed by atoms with E-state index in [1.54, 1.807) is 0 Å². The van der Waals surface area contributed by atoms with Gasteiger partial charge < -0.3 is 10.6 Å². The third-order valence-electron chi connectivity index (χ3n) is 5.80. The van der Waals surface area contributed by atoms with Gasteiger partial charge in [0.15, 0.2) is 5.65 Å². The molecule has 0 saturated carbocycles. The molecule has 2 N–H and O–H groups in total. The summed E-state index contributed by atoms with van der Waals surface area (Å²) in [6, 6.07) is 2.07. The summed E-state index contributed by atoms with van der Waals surface area (Å²) >= 11 is 0. The molecule has 1 amide bonds. The topological polar surface area (TPSA) is 77.0 Å². The highest BCUT2D eigenvalue weighted by Gasteiger charge is 2.32. The number of carbonyl (C=O) groups is 1. The minimum atomic E-state index is -0.213. The van der Waals surface area contributed by atoms with E-state index < -0.39 is 0 Å². The van der Waals surface area contributed by atoms with Crippen molar-refractivity contribution in [3.05, 3.63) is 23.0 Å². The zero-order valence-corrected chi connectivity index (χ0v) is 20.9. The second-order valence-electron chi connectivity index (χ2n) is 9.63. The van der Waals surface area contributed by atoms with Gasteiger partial charge >= 0.3 is 0 Å². The number of likely N-dealkylation sites (tertiary alicyclic amines) is 1. The number of nitrogens with two attached hydrogens (primary N) is 1. The number of nitrogens with zero attached hydrogens (tertiary/aromatic N) is 4. The monoisotopic (exact) mass is 457 g/mol. The summed E-state index contributed by atoms with van der Waals surface area (Å²) < 4.78 is 1.96. The van der Waals surface area contributed by atoms with Gasteiger partial charge in [-0.15, -0.1) is 24.8 Å². The van der Waals surface area contributed by atoms with E-state index in [0.717, 1.165) is 47.4 Å². The molecule has 1 aliphatic heterocycles. The van der Waals surface area contributed by atoms with Crippen molar-refractivity contribution in [3.63, 3.8) is 0 Å². The third-order valence-corrected chi connectivity index (χ3v) is 5.80. The van der Waals surface area contributed by atoms with Crippen LogP contribution in [0.3, 0.4) is 0 Å². The Hall–Kier alpha value is -1.37. The van der Waals surface area contributed by atoms with Gasteiger partial charge in [-0.2, -0.15) is 5.10 Å².